The molecule has 6 nitrogen and oxygen atoms in total. The average molecular weight is 359 g/mol. The van der Waals surface area contributed by atoms with Gasteiger partial charge in [0.15, 0.2) is 0 Å². The second-order valence-electron chi connectivity index (χ2n) is 5.18. The van der Waals surface area contributed by atoms with Gasteiger partial charge in [0.2, 0.25) is 0 Å². The lowest BCUT2D eigenvalue weighted by atomic mass is 10.2. The van der Waals surface area contributed by atoms with Gasteiger partial charge in [-0.05, 0) is 31.2 Å². The molecule has 0 bridgehead atoms. The molecule has 1 aliphatic heterocycles. The third-order valence-electron chi connectivity index (χ3n) is 3.60. The molecule has 0 unspecified atom stereocenters. The van der Waals surface area contributed by atoms with E-state index in [-0.39, 0.29) is 22.2 Å². The fourth-order valence-corrected chi connectivity index (χ4v) is 2.68. The van der Waals surface area contributed by atoms with Gasteiger partial charge in [-0.25, -0.2) is 4.90 Å². The summed E-state index contributed by atoms with van der Waals surface area (Å²) < 4.78 is 5.49. The van der Waals surface area contributed by atoms with Crippen LogP contribution in [-0.4, -0.2) is 23.5 Å². The Bertz CT molecular complexity index is 879. The molecule has 25 heavy (non-hydrogen) atoms. The zero-order valence-electron chi connectivity index (χ0n) is 13.3. The van der Waals surface area contributed by atoms with Crippen LogP contribution in [0, 0.1) is 0 Å². The van der Waals surface area contributed by atoms with Crippen molar-refractivity contribution in [1.29, 1.82) is 0 Å². The van der Waals surface area contributed by atoms with E-state index >= 15 is 0 Å². The second-order valence-corrected chi connectivity index (χ2v) is 5.56. The molecule has 7 heteroatoms. The number of hydrogen-bond donors (Lipinski definition) is 2. The minimum atomic E-state index is -0.656. The fraction of sp³-hybridized carbons (Fsp3) is 0.111. The molecule has 0 aliphatic carbocycles. The van der Waals surface area contributed by atoms with E-state index in [0.717, 1.165) is 4.90 Å². The van der Waals surface area contributed by atoms with Crippen molar-refractivity contribution in [2.24, 2.45) is 0 Å². The van der Waals surface area contributed by atoms with Crippen LogP contribution < -0.4 is 15.0 Å². The van der Waals surface area contributed by atoms with Gasteiger partial charge in [-0.15, -0.1) is 0 Å². The number of benzene rings is 2. The summed E-state index contributed by atoms with van der Waals surface area (Å²) in [5.74, 6) is -0.935. The maximum Gasteiger partial charge on any atom is 0.283 e. The number of halogens is 1. The van der Waals surface area contributed by atoms with Gasteiger partial charge in [-0.3, -0.25) is 9.59 Å². The molecule has 0 aromatic heterocycles. The van der Waals surface area contributed by atoms with Gasteiger partial charge >= 0.3 is 0 Å². The summed E-state index contributed by atoms with van der Waals surface area (Å²) >= 11 is 6.08. The summed E-state index contributed by atoms with van der Waals surface area (Å²) in [6.07, 6.45) is 0. The summed E-state index contributed by atoms with van der Waals surface area (Å²) in [5, 5.41) is 12.3. The number of carbonyl (C=O) groups excluding carboxylic acids is 2. The molecule has 3 rings (SSSR count). The number of nitrogens with one attached hydrogen (secondary N) is 1. The summed E-state index contributed by atoms with van der Waals surface area (Å²) in [7, 11) is 0. The lowest BCUT2D eigenvalue weighted by Crippen LogP contribution is -2.32. The molecule has 0 saturated heterocycles. The molecule has 2 amide bonds. The molecule has 0 atom stereocenters. The Labute approximate surface area is 149 Å². The molecule has 0 radical (unpaired) electrons. The molecular weight excluding hydrogens is 344 g/mol. The number of phenols is 1. The van der Waals surface area contributed by atoms with Gasteiger partial charge in [0.05, 0.1) is 18.0 Å². The lowest BCUT2D eigenvalue weighted by molar-refractivity contribution is -0.120. The van der Waals surface area contributed by atoms with Crippen LogP contribution in [-0.2, 0) is 9.59 Å². The van der Waals surface area contributed by atoms with Crippen LogP contribution in [0.1, 0.15) is 6.92 Å². The number of aromatic hydroxyl groups is 1. The van der Waals surface area contributed by atoms with Gasteiger partial charge in [-0.1, -0.05) is 35.9 Å². The predicted molar refractivity (Wildman–Crippen MR) is 94.7 cm³/mol. The average Bonchev–Trinajstić information content (AvgIpc) is 2.81. The molecule has 2 N–H and O–H groups in total. The smallest absolute Gasteiger partial charge is 0.283 e. The van der Waals surface area contributed by atoms with E-state index < -0.39 is 11.8 Å². The van der Waals surface area contributed by atoms with Crippen LogP contribution in [0.15, 0.2) is 59.3 Å². The number of phenolic OH excluding ortho intramolecular Hbond substituents is 1. The Morgan fingerprint density at radius 2 is 1.76 bits per heavy atom. The molecule has 2 aromatic rings. The fourth-order valence-electron chi connectivity index (χ4n) is 2.46. The minimum Gasteiger partial charge on any atom is -0.506 e. The number of rotatable bonds is 5. The second kappa shape index (κ2) is 6.86. The van der Waals surface area contributed by atoms with E-state index in [1.54, 1.807) is 49.4 Å². The normalized spacial score (nSPS) is 14.2. The van der Waals surface area contributed by atoms with Crippen molar-refractivity contribution in [1.82, 2.24) is 0 Å². The topological polar surface area (TPSA) is 78.9 Å². The van der Waals surface area contributed by atoms with Crippen LogP contribution in [0.5, 0.6) is 11.5 Å². The number of hydrogen-bond acceptors (Lipinski definition) is 5. The van der Waals surface area contributed by atoms with Crippen molar-refractivity contribution in [3.05, 3.63) is 59.3 Å². The van der Waals surface area contributed by atoms with Crippen LogP contribution in [0.25, 0.3) is 0 Å². The quantitative estimate of drug-likeness (QED) is 0.633. The Morgan fingerprint density at radius 1 is 1.08 bits per heavy atom. The molecule has 1 heterocycles. The molecule has 0 fully saturated rings. The van der Waals surface area contributed by atoms with E-state index in [4.69, 9.17) is 16.3 Å². The van der Waals surface area contributed by atoms with Crippen molar-refractivity contribution >= 4 is 34.8 Å². The number of carbonyl (C=O) groups is 2. The summed E-state index contributed by atoms with van der Waals surface area (Å²) in [5.41, 5.74) is 0.489. The molecule has 0 spiro atoms. The van der Waals surface area contributed by atoms with Crippen molar-refractivity contribution in [3.63, 3.8) is 0 Å². The van der Waals surface area contributed by atoms with Crippen LogP contribution in [0.4, 0.5) is 11.4 Å². The van der Waals surface area contributed by atoms with Gasteiger partial charge in [-0.2, -0.15) is 0 Å². The maximum atomic E-state index is 12.8. The number of anilines is 2. The Hall–Kier alpha value is -2.99. The Kier molecular flexibility index (Phi) is 4.63. The largest absolute Gasteiger partial charge is 0.506 e. The minimum absolute atomic E-state index is 0.0621. The lowest BCUT2D eigenvalue weighted by Gasteiger charge is -2.18. The molecular formula is C18H15ClN2O4. The first-order chi connectivity index (χ1) is 12.0. The van der Waals surface area contributed by atoms with E-state index in [1.807, 2.05) is 0 Å². The van der Waals surface area contributed by atoms with Crippen molar-refractivity contribution < 1.29 is 19.4 Å². The van der Waals surface area contributed by atoms with Gasteiger partial charge in [0.1, 0.15) is 22.2 Å². The zero-order chi connectivity index (χ0) is 18.0. The third kappa shape index (κ3) is 3.04. The number of nitrogens with zero attached hydrogens (tertiary/aromatic N) is 1. The Balaban J connectivity index is 1.96. The highest BCUT2D eigenvalue weighted by atomic mass is 35.5. The summed E-state index contributed by atoms with van der Waals surface area (Å²) in [6.45, 7) is 2.19. The van der Waals surface area contributed by atoms with Crippen molar-refractivity contribution in [2.45, 2.75) is 6.92 Å². The predicted octanol–water partition coefficient (Wildman–Crippen LogP) is 3.23. The number of amides is 2. The van der Waals surface area contributed by atoms with E-state index in [1.165, 1.54) is 6.07 Å². The number of ether oxygens (including phenoxy) is 1. The van der Waals surface area contributed by atoms with E-state index in [9.17, 15) is 14.7 Å². The van der Waals surface area contributed by atoms with Crippen LogP contribution >= 0.6 is 11.6 Å². The third-order valence-corrected chi connectivity index (χ3v) is 3.95. The van der Waals surface area contributed by atoms with Crippen molar-refractivity contribution in [3.8, 4) is 11.5 Å². The highest BCUT2D eigenvalue weighted by Crippen LogP contribution is 2.36. The maximum absolute atomic E-state index is 12.8. The monoisotopic (exact) mass is 358 g/mol. The molecule has 1 aliphatic rings. The Morgan fingerprint density at radius 3 is 2.48 bits per heavy atom. The molecule has 0 saturated carbocycles. The van der Waals surface area contributed by atoms with Gasteiger partial charge in [0.25, 0.3) is 11.8 Å². The highest BCUT2D eigenvalue weighted by molar-refractivity contribution is 6.53. The standard InChI is InChI=1S/C18H15ClN2O4/c1-2-25-14-10-6-4-8-12(14)21-17(23)15(19)16(18(21)24)20-11-7-3-5-9-13(11)22/h3-10,20,22H,2H2,1H3. The summed E-state index contributed by atoms with van der Waals surface area (Å²) in [6, 6.07) is 13.1. The van der Waals surface area contributed by atoms with Crippen LogP contribution in [0.2, 0.25) is 0 Å². The van der Waals surface area contributed by atoms with Gasteiger partial charge in [0, 0.05) is 0 Å². The first-order valence-electron chi connectivity index (χ1n) is 7.60. The van der Waals surface area contributed by atoms with Gasteiger partial charge < -0.3 is 15.2 Å². The molecule has 128 valence electrons. The SMILES string of the molecule is CCOc1ccccc1N1C(=O)C(Cl)=C(Nc2ccccc2O)C1=O. The first-order valence-corrected chi connectivity index (χ1v) is 7.97. The number of imide groups is 1. The van der Waals surface area contributed by atoms with Crippen LogP contribution in [0.3, 0.4) is 0 Å². The van der Waals surface area contributed by atoms with Crippen molar-refractivity contribution in [2.75, 3.05) is 16.8 Å². The van der Waals surface area contributed by atoms with E-state index in [2.05, 4.69) is 5.32 Å². The molecule has 2 aromatic carbocycles. The first kappa shape index (κ1) is 16.9. The van der Waals surface area contributed by atoms with E-state index in [0.29, 0.717) is 18.0 Å². The zero-order valence-corrected chi connectivity index (χ0v) is 14.1. The summed E-state index contributed by atoms with van der Waals surface area (Å²) in [4.78, 5) is 26.2. The number of para-hydroxylation sites is 4. The highest BCUT2D eigenvalue weighted by Gasteiger charge is 2.40.